The number of hydrazone groups is 1. The van der Waals surface area contributed by atoms with Gasteiger partial charge in [-0.3, -0.25) is 0 Å². The number of rotatable bonds is 6. The highest BCUT2D eigenvalue weighted by Crippen LogP contribution is 2.25. The van der Waals surface area contributed by atoms with E-state index in [0.29, 0.717) is 11.5 Å². The van der Waals surface area contributed by atoms with E-state index in [-0.39, 0.29) is 5.75 Å². The predicted molar refractivity (Wildman–Crippen MR) is 117 cm³/mol. The molecule has 0 saturated heterocycles. The molecule has 2 aromatic heterocycles. The van der Waals surface area contributed by atoms with Gasteiger partial charge >= 0.3 is 0 Å². The highest BCUT2D eigenvalue weighted by atomic mass is 16.3. The first-order valence-electron chi connectivity index (χ1n) is 9.57. The van der Waals surface area contributed by atoms with Gasteiger partial charge < -0.3 is 14.6 Å². The van der Waals surface area contributed by atoms with Gasteiger partial charge in [0, 0.05) is 42.8 Å². The smallest absolute Gasteiger partial charge is 0.265 e. The molecule has 0 radical (unpaired) electrons. The van der Waals surface area contributed by atoms with E-state index in [0.717, 1.165) is 40.8 Å². The standard InChI is InChI=1S/C21H23N7O/c1-4-28(5-2)15-11-10-14(18(29)12-15)13-22-25-21-23-20-19(24-26-21)16-8-6-7-9-17(16)27(20)3/h6-13,29H,4-5H2,1-3H3,(H,23,25,26). The van der Waals surface area contributed by atoms with Crippen LogP contribution in [-0.4, -0.2) is 44.2 Å². The van der Waals surface area contributed by atoms with Crippen LogP contribution in [0.5, 0.6) is 5.75 Å². The summed E-state index contributed by atoms with van der Waals surface area (Å²) in [5.41, 5.74) is 6.90. The van der Waals surface area contributed by atoms with Gasteiger partial charge in [-0.25, -0.2) is 5.43 Å². The van der Waals surface area contributed by atoms with Crippen molar-refractivity contribution in [2.24, 2.45) is 12.1 Å². The summed E-state index contributed by atoms with van der Waals surface area (Å²) in [6, 6.07) is 13.5. The van der Waals surface area contributed by atoms with Crippen molar-refractivity contribution in [3.8, 4) is 5.75 Å². The maximum atomic E-state index is 10.3. The largest absolute Gasteiger partial charge is 0.507 e. The Bertz CT molecular complexity index is 1190. The Balaban J connectivity index is 1.56. The fraction of sp³-hybridized carbons (Fsp3) is 0.238. The molecule has 2 aromatic carbocycles. The molecular formula is C21H23N7O. The lowest BCUT2D eigenvalue weighted by Gasteiger charge is -2.21. The van der Waals surface area contributed by atoms with Crippen molar-refractivity contribution in [1.82, 2.24) is 19.7 Å². The van der Waals surface area contributed by atoms with E-state index < -0.39 is 0 Å². The van der Waals surface area contributed by atoms with E-state index in [1.807, 2.05) is 48.0 Å². The summed E-state index contributed by atoms with van der Waals surface area (Å²) in [4.78, 5) is 6.68. The number of benzene rings is 2. The Morgan fingerprint density at radius 2 is 1.93 bits per heavy atom. The zero-order chi connectivity index (χ0) is 20.4. The van der Waals surface area contributed by atoms with E-state index in [4.69, 9.17) is 0 Å². The summed E-state index contributed by atoms with van der Waals surface area (Å²) in [5, 5.41) is 23.9. The number of hydrogen-bond acceptors (Lipinski definition) is 7. The fourth-order valence-electron chi connectivity index (χ4n) is 3.44. The second-order valence-corrected chi connectivity index (χ2v) is 6.67. The SMILES string of the molecule is CCN(CC)c1ccc(C=NNc2nnc3c4ccccc4n(C)c3n2)c(O)c1. The molecule has 4 aromatic rings. The van der Waals surface area contributed by atoms with E-state index in [9.17, 15) is 5.11 Å². The van der Waals surface area contributed by atoms with Gasteiger partial charge in [0.05, 0.1) is 11.7 Å². The first-order valence-corrected chi connectivity index (χ1v) is 9.57. The summed E-state index contributed by atoms with van der Waals surface area (Å²) < 4.78 is 1.98. The minimum absolute atomic E-state index is 0.170. The highest BCUT2D eigenvalue weighted by molar-refractivity contribution is 6.04. The summed E-state index contributed by atoms with van der Waals surface area (Å²) in [6.45, 7) is 5.93. The number of phenols is 1. The number of hydrogen-bond donors (Lipinski definition) is 2. The summed E-state index contributed by atoms with van der Waals surface area (Å²) in [5.74, 6) is 0.460. The van der Waals surface area contributed by atoms with Gasteiger partial charge in [-0.1, -0.05) is 18.2 Å². The predicted octanol–water partition coefficient (Wildman–Crippen LogP) is 3.51. The molecule has 0 unspecified atom stereocenters. The quantitative estimate of drug-likeness (QED) is 0.387. The first kappa shape index (κ1) is 18.7. The average molecular weight is 389 g/mol. The molecule has 0 aliphatic heterocycles. The maximum absolute atomic E-state index is 10.3. The van der Waals surface area contributed by atoms with Crippen molar-refractivity contribution in [1.29, 1.82) is 0 Å². The molecule has 2 N–H and O–H groups in total. The molecule has 0 aliphatic carbocycles. The van der Waals surface area contributed by atoms with Crippen LogP contribution in [0.25, 0.3) is 22.1 Å². The monoisotopic (exact) mass is 389 g/mol. The fourth-order valence-corrected chi connectivity index (χ4v) is 3.44. The lowest BCUT2D eigenvalue weighted by Crippen LogP contribution is -2.21. The molecular weight excluding hydrogens is 366 g/mol. The number of aromatic hydroxyl groups is 1. The molecule has 0 saturated carbocycles. The van der Waals surface area contributed by atoms with Crippen LogP contribution in [0.4, 0.5) is 11.6 Å². The Morgan fingerprint density at radius 1 is 1.14 bits per heavy atom. The minimum Gasteiger partial charge on any atom is -0.507 e. The van der Waals surface area contributed by atoms with E-state index in [1.54, 1.807) is 6.07 Å². The minimum atomic E-state index is 0.170. The van der Waals surface area contributed by atoms with Crippen LogP contribution in [0.3, 0.4) is 0 Å². The Hall–Kier alpha value is -3.68. The Morgan fingerprint density at radius 3 is 2.69 bits per heavy atom. The number of nitrogens with zero attached hydrogens (tertiary/aromatic N) is 6. The van der Waals surface area contributed by atoms with Crippen molar-refractivity contribution in [3.05, 3.63) is 48.0 Å². The molecule has 2 heterocycles. The van der Waals surface area contributed by atoms with Crippen LogP contribution >= 0.6 is 0 Å². The number of para-hydroxylation sites is 1. The summed E-state index contributed by atoms with van der Waals surface area (Å²) in [7, 11) is 1.95. The normalized spacial score (nSPS) is 11.6. The molecule has 0 aliphatic rings. The zero-order valence-corrected chi connectivity index (χ0v) is 16.7. The van der Waals surface area contributed by atoms with E-state index >= 15 is 0 Å². The molecule has 8 nitrogen and oxygen atoms in total. The van der Waals surface area contributed by atoms with E-state index in [2.05, 4.69) is 44.5 Å². The molecule has 0 bridgehead atoms. The van der Waals surface area contributed by atoms with Gasteiger partial charge in [0.15, 0.2) is 5.65 Å². The van der Waals surface area contributed by atoms with Crippen molar-refractivity contribution in [2.45, 2.75) is 13.8 Å². The number of fused-ring (bicyclic) bond motifs is 3. The average Bonchev–Trinajstić information content (AvgIpc) is 3.03. The summed E-state index contributed by atoms with van der Waals surface area (Å²) >= 11 is 0. The molecule has 148 valence electrons. The van der Waals surface area contributed by atoms with Gasteiger partial charge in [0.1, 0.15) is 11.3 Å². The van der Waals surface area contributed by atoms with Gasteiger partial charge in [0.2, 0.25) is 0 Å². The Labute approximate surface area is 168 Å². The van der Waals surface area contributed by atoms with Crippen LogP contribution in [0.1, 0.15) is 19.4 Å². The maximum Gasteiger partial charge on any atom is 0.265 e. The van der Waals surface area contributed by atoms with Crippen LogP contribution in [-0.2, 0) is 7.05 Å². The van der Waals surface area contributed by atoms with Gasteiger partial charge in [0.25, 0.3) is 5.95 Å². The molecule has 0 fully saturated rings. The van der Waals surface area contributed by atoms with Crippen molar-refractivity contribution in [3.63, 3.8) is 0 Å². The zero-order valence-electron chi connectivity index (χ0n) is 16.7. The lowest BCUT2D eigenvalue weighted by molar-refractivity contribution is 0.474. The molecule has 8 heteroatoms. The third-order valence-electron chi connectivity index (χ3n) is 5.02. The first-order chi connectivity index (χ1) is 14.1. The van der Waals surface area contributed by atoms with Crippen LogP contribution in [0, 0.1) is 0 Å². The van der Waals surface area contributed by atoms with Gasteiger partial charge in [-0.2, -0.15) is 10.1 Å². The number of nitrogens with one attached hydrogen (secondary N) is 1. The Kier molecular flexibility index (Phi) is 4.99. The van der Waals surface area contributed by atoms with E-state index in [1.165, 1.54) is 6.21 Å². The second-order valence-electron chi connectivity index (χ2n) is 6.67. The number of phenolic OH excluding ortho intramolecular Hbond substituents is 1. The third kappa shape index (κ3) is 3.44. The molecule has 0 amide bonds. The summed E-state index contributed by atoms with van der Waals surface area (Å²) in [6.07, 6.45) is 1.54. The number of aromatic nitrogens is 4. The topological polar surface area (TPSA) is 91.5 Å². The number of anilines is 2. The van der Waals surface area contributed by atoms with Gasteiger partial charge in [-0.05, 0) is 32.0 Å². The molecule has 4 rings (SSSR count). The van der Waals surface area contributed by atoms with Crippen molar-refractivity contribution < 1.29 is 5.11 Å². The van der Waals surface area contributed by atoms with Gasteiger partial charge in [-0.15, -0.1) is 10.2 Å². The molecule has 0 spiro atoms. The van der Waals surface area contributed by atoms with Crippen LogP contribution in [0.2, 0.25) is 0 Å². The second kappa shape index (κ2) is 7.75. The van der Waals surface area contributed by atoms with Crippen molar-refractivity contribution in [2.75, 3.05) is 23.4 Å². The van der Waals surface area contributed by atoms with Crippen molar-refractivity contribution >= 4 is 39.9 Å². The lowest BCUT2D eigenvalue weighted by atomic mass is 10.2. The molecule has 29 heavy (non-hydrogen) atoms. The van der Waals surface area contributed by atoms with Crippen LogP contribution in [0.15, 0.2) is 47.6 Å². The van der Waals surface area contributed by atoms with Crippen LogP contribution < -0.4 is 10.3 Å². The third-order valence-corrected chi connectivity index (χ3v) is 5.02. The molecule has 0 atom stereocenters. The highest BCUT2D eigenvalue weighted by Gasteiger charge is 2.12. The number of aryl methyl sites for hydroxylation is 1.